The van der Waals surface area contributed by atoms with Gasteiger partial charge in [-0.05, 0) is 31.2 Å². The third-order valence-electron chi connectivity index (χ3n) is 3.89. The van der Waals surface area contributed by atoms with Crippen molar-refractivity contribution in [1.82, 2.24) is 9.97 Å². The average molecular weight is 319 g/mol. The normalized spacial score (nSPS) is 13.0. The first-order valence-electron chi connectivity index (χ1n) is 8.92. The fourth-order valence-electron chi connectivity index (χ4n) is 2.61. The Morgan fingerprint density at radius 3 is 2.52 bits per heavy atom. The Hall–Kier alpha value is -1.45. The van der Waals surface area contributed by atoms with Crippen molar-refractivity contribution in [3.8, 4) is 0 Å². The summed E-state index contributed by atoms with van der Waals surface area (Å²) < 4.78 is 0. The van der Waals surface area contributed by atoms with Crippen LogP contribution < -0.4 is 4.90 Å². The molecule has 4 heteroatoms. The van der Waals surface area contributed by atoms with Gasteiger partial charge in [-0.15, -0.1) is 0 Å². The van der Waals surface area contributed by atoms with Crippen molar-refractivity contribution < 1.29 is 4.79 Å². The molecule has 0 aliphatic rings. The molecule has 0 spiro atoms. The zero-order chi connectivity index (χ0) is 17.5. The van der Waals surface area contributed by atoms with Crippen molar-refractivity contribution in [1.29, 1.82) is 0 Å². The Morgan fingerprint density at radius 1 is 1.26 bits per heavy atom. The number of amides is 1. The molecular formula is C19H33N3O. The molecule has 0 N–H and O–H groups in total. The number of hydrogen-bond acceptors (Lipinski definition) is 3. The molecule has 0 aliphatic carbocycles. The van der Waals surface area contributed by atoms with Gasteiger partial charge in [-0.3, -0.25) is 9.69 Å². The van der Waals surface area contributed by atoms with Gasteiger partial charge in [-0.1, -0.05) is 53.9 Å². The maximum atomic E-state index is 12.9. The zero-order valence-corrected chi connectivity index (χ0v) is 15.7. The number of carbonyl (C=O) groups excluding carboxylic acids is 1. The highest BCUT2D eigenvalue weighted by molar-refractivity contribution is 5.92. The van der Waals surface area contributed by atoms with E-state index in [4.69, 9.17) is 0 Å². The summed E-state index contributed by atoms with van der Waals surface area (Å²) in [4.78, 5) is 23.7. The molecule has 0 saturated carbocycles. The molecule has 1 atom stereocenters. The van der Waals surface area contributed by atoms with E-state index in [0.29, 0.717) is 12.4 Å². The lowest BCUT2D eigenvalue weighted by molar-refractivity contribution is -0.120. The first-order chi connectivity index (χ1) is 10.8. The SMILES string of the molecule is CCCCCC(C)N(C(=O)CC(C)(C)C)c1nccc(CC)n1. The second kappa shape index (κ2) is 8.99. The van der Waals surface area contributed by atoms with Gasteiger partial charge >= 0.3 is 0 Å². The monoisotopic (exact) mass is 319 g/mol. The van der Waals surface area contributed by atoms with E-state index in [0.717, 1.165) is 25.0 Å². The third kappa shape index (κ3) is 6.67. The van der Waals surface area contributed by atoms with Crippen molar-refractivity contribution in [3.05, 3.63) is 18.0 Å². The lowest BCUT2D eigenvalue weighted by Crippen LogP contribution is -2.41. The summed E-state index contributed by atoms with van der Waals surface area (Å²) in [5, 5.41) is 0. The van der Waals surface area contributed by atoms with Crippen molar-refractivity contribution in [2.24, 2.45) is 5.41 Å². The predicted molar refractivity (Wildman–Crippen MR) is 96.6 cm³/mol. The van der Waals surface area contributed by atoms with Gasteiger partial charge < -0.3 is 0 Å². The Morgan fingerprint density at radius 2 is 1.96 bits per heavy atom. The number of carbonyl (C=O) groups is 1. The Balaban J connectivity index is 3.01. The van der Waals surface area contributed by atoms with Gasteiger partial charge in [0, 0.05) is 24.4 Å². The molecule has 0 radical (unpaired) electrons. The van der Waals surface area contributed by atoms with E-state index in [-0.39, 0.29) is 17.4 Å². The van der Waals surface area contributed by atoms with E-state index in [1.165, 1.54) is 12.8 Å². The molecule has 0 bridgehead atoms. The zero-order valence-electron chi connectivity index (χ0n) is 15.7. The highest BCUT2D eigenvalue weighted by atomic mass is 16.2. The summed E-state index contributed by atoms with van der Waals surface area (Å²) in [6.07, 6.45) is 7.61. The quantitative estimate of drug-likeness (QED) is 0.648. The van der Waals surface area contributed by atoms with Crippen LogP contribution in [0.1, 0.15) is 79.3 Å². The predicted octanol–water partition coefficient (Wildman–Crippen LogP) is 4.78. The second-order valence-electron chi connectivity index (χ2n) is 7.55. The average Bonchev–Trinajstić information content (AvgIpc) is 2.46. The van der Waals surface area contributed by atoms with E-state index >= 15 is 0 Å². The molecule has 0 aromatic carbocycles. The second-order valence-corrected chi connectivity index (χ2v) is 7.55. The lowest BCUT2D eigenvalue weighted by atomic mass is 9.91. The van der Waals surface area contributed by atoms with Gasteiger partial charge in [0.1, 0.15) is 0 Å². The van der Waals surface area contributed by atoms with Gasteiger partial charge in [0.05, 0.1) is 0 Å². The molecule has 1 rings (SSSR count). The first kappa shape index (κ1) is 19.6. The Bertz CT molecular complexity index is 494. The van der Waals surface area contributed by atoms with Gasteiger partial charge in [-0.25, -0.2) is 9.97 Å². The summed E-state index contributed by atoms with van der Waals surface area (Å²) in [5.74, 6) is 0.678. The summed E-state index contributed by atoms with van der Waals surface area (Å²) in [6, 6.07) is 2.04. The molecule has 1 aromatic rings. The summed E-state index contributed by atoms with van der Waals surface area (Å²) >= 11 is 0. The topological polar surface area (TPSA) is 46.1 Å². The van der Waals surface area contributed by atoms with Crippen molar-refractivity contribution >= 4 is 11.9 Å². The van der Waals surface area contributed by atoms with E-state index in [1.807, 2.05) is 11.0 Å². The maximum absolute atomic E-state index is 12.9. The Labute approximate surface area is 141 Å². The fourth-order valence-corrected chi connectivity index (χ4v) is 2.61. The highest BCUT2D eigenvalue weighted by Crippen LogP contribution is 2.24. The van der Waals surface area contributed by atoms with Crippen LogP contribution in [0.3, 0.4) is 0 Å². The molecule has 130 valence electrons. The van der Waals surface area contributed by atoms with E-state index in [9.17, 15) is 4.79 Å². The fraction of sp³-hybridized carbons (Fsp3) is 0.737. The van der Waals surface area contributed by atoms with Crippen molar-refractivity contribution in [3.63, 3.8) is 0 Å². The van der Waals surface area contributed by atoms with E-state index in [1.54, 1.807) is 6.20 Å². The van der Waals surface area contributed by atoms with Crippen molar-refractivity contribution in [2.45, 2.75) is 86.1 Å². The Kier molecular flexibility index (Phi) is 7.66. The van der Waals surface area contributed by atoms with Gasteiger partial charge in [0.2, 0.25) is 11.9 Å². The van der Waals surface area contributed by atoms with Crippen LogP contribution in [-0.2, 0) is 11.2 Å². The van der Waals surface area contributed by atoms with Crippen LogP contribution in [0.2, 0.25) is 0 Å². The molecule has 1 aromatic heterocycles. The molecule has 0 saturated heterocycles. The van der Waals surface area contributed by atoms with Crippen LogP contribution in [0.4, 0.5) is 5.95 Å². The largest absolute Gasteiger partial charge is 0.278 e. The molecule has 1 unspecified atom stereocenters. The minimum Gasteiger partial charge on any atom is -0.278 e. The van der Waals surface area contributed by atoms with Crippen LogP contribution in [0.15, 0.2) is 12.3 Å². The maximum Gasteiger partial charge on any atom is 0.232 e. The minimum absolute atomic E-state index is 0.0408. The van der Waals surface area contributed by atoms with E-state index in [2.05, 4.69) is 51.5 Å². The minimum atomic E-state index is -0.0408. The summed E-state index contributed by atoms with van der Waals surface area (Å²) in [7, 11) is 0. The summed E-state index contributed by atoms with van der Waals surface area (Å²) in [5.41, 5.74) is 0.935. The number of nitrogens with zero attached hydrogens (tertiary/aromatic N) is 3. The molecule has 1 amide bonds. The molecule has 0 fully saturated rings. The van der Waals surface area contributed by atoms with Gasteiger partial charge in [-0.2, -0.15) is 0 Å². The molecule has 1 heterocycles. The van der Waals surface area contributed by atoms with Gasteiger partial charge in [0.15, 0.2) is 0 Å². The number of anilines is 1. The van der Waals surface area contributed by atoms with Crippen LogP contribution in [0, 0.1) is 5.41 Å². The summed E-state index contributed by atoms with van der Waals surface area (Å²) in [6.45, 7) is 12.6. The molecular weight excluding hydrogens is 286 g/mol. The standard InChI is InChI=1S/C19H33N3O/c1-7-9-10-11-15(3)22(17(23)14-19(4,5)6)18-20-13-12-16(8-2)21-18/h12-13,15H,7-11,14H2,1-6H3. The lowest BCUT2D eigenvalue weighted by Gasteiger charge is -2.30. The highest BCUT2D eigenvalue weighted by Gasteiger charge is 2.27. The number of hydrogen-bond donors (Lipinski definition) is 0. The van der Waals surface area contributed by atoms with Crippen LogP contribution in [-0.4, -0.2) is 21.9 Å². The molecule has 0 aliphatic heterocycles. The van der Waals surface area contributed by atoms with Crippen LogP contribution in [0.25, 0.3) is 0 Å². The molecule has 23 heavy (non-hydrogen) atoms. The van der Waals surface area contributed by atoms with Crippen molar-refractivity contribution in [2.75, 3.05) is 4.90 Å². The van der Waals surface area contributed by atoms with Crippen LogP contribution >= 0.6 is 0 Å². The first-order valence-corrected chi connectivity index (χ1v) is 8.92. The number of unbranched alkanes of at least 4 members (excludes halogenated alkanes) is 2. The third-order valence-corrected chi connectivity index (χ3v) is 3.89. The van der Waals surface area contributed by atoms with Gasteiger partial charge in [0.25, 0.3) is 0 Å². The molecule has 4 nitrogen and oxygen atoms in total. The number of aromatic nitrogens is 2. The number of rotatable bonds is 8. The smallest absolute Gasteiger partial charge is 0.232 e. The van der Waals surface area contributed by atoms with E-state index < -0.39 is 0 Å². The van der Waals surface area contributed by atoms with Crippen LogP contribution in [0.5, 0.6) is 0 Å². The number of aryl methyl sites for hydroxylation is 1.